The number of fused-ring (bicyclic) bond motifs is 2. The van der Waals surface area contributed by atoms with Crippen LogP contribution in [-0.4, -0.2) is 18.3 Å². The van der Waals surface area contributed by atoms with Gasteiger partial charge in [0.2, 0.25) is 0 Å². The van der Waals surface area contributed by atoms with Gasteiger partial charge in [-0.25, -0.2) is 4.39 Å². The van der Waals surface area contributed by atoms with E-state index in [2.05, 4.69) is 34.1 Å². The van der Waals surface area contributed by atoms with Gasteiger partial charge in [-0.15, -0.1) is 0 Å². The van der Waals surface area contributed by atoms with E-state index in [0.29, 0.717) is 5.22 Å². The standard InChI is InChI=1S/C24H21BBrFO2/c1-23(2)24(3,4)29-25(28-23)22(27)21-15-9-6-5-8-14(15)16-12-13-19(26)17-10-7-11-18(21)20(16)17/h5-13H,1-4H3. The summed E-state index contributed by atoms with van der Waals surface area (Å²) in [6, 6.07) is 18.1. The summed E-state index contributed by atoms with van der Waals surface area (Å²) in [5.41, 5.74) is -1.58. The van der Waals surface area contributed by atoms with Gasteiger partial charge < -0.3 is 9.31 Å². The quantitative estimate of drug-likeness (QED) is 0.191. The second-order valence-corrected chi connectivity index (χ2v) is 9.53. The number of halogens is 2. The first-order chi connectivity index (χ1) is 13.7. The van der Waals surface area contributed by atoms with Crippen molar-refractivity contribution in [2.75, 3.05) is 0 Å². The van der Waals surface area contributed by atoms with Gasteiger partial charge in [0.1, 0.15) is 5.73 Å². The van der Waals surface area contributed by atoms with Crippen molar-refractivity contribution in [2.45, 2.75) is 38.9 Å². The van der Waals surface area contributed by atoms with Crippen LogP contribution in [-0.2, 0) is 9.31 Å². The first-order valence-electron chi connectivity index (χ1n) is 9.78. The van der Waals surface area contributed by atoms with Gasteiger partial charge in [0.05, 0.1) is 11.2 Å². The fourth-order valence-electron chi connectivity index (χ4n) is 4.21. The molecule has 5 rings (SSSR count). The molecule has 1 fully saturated rings. The lowest BCUT2D eigenvalue weighted by Crippen LogP contribution is -2.41. The lowest BCUT2D eigenvalue weighted by Gasteiger charge is -2.32. The molecule has 4 aromatic rings. The molecule has 0 N–H and O–H groups in total. The highest BCUT2D eigenvalue weighted by molar-refractivity contribution is 9.10. The molecule has 4 aromatic carbocycles. The van der Waals surface area contributed by atoms with Gasteiger partial charge in [0, 0.05) is 9.69 Å². The number of hydrogen-bond donors (Lipinski definition) is 0. The Hall–Kier alpha value is -1.95. The molecule has 1 heterocycles. The molecule has 0 radical (unpaired) electrons. The van der Waals surface area contributed by atoms with Gasteiger partial charge in [0.15, 0.2) is 0 Å². The fraction of sp³-hybridized carbons (Fsp3) is 0.250. The van der Waals surface area contributed by atoms with Gasteiger partial charge in [0.25, 0.3) is 0 Å². The molecule has 0 amide bonds. The molecule has 0 unspecified atom stereocenters. The van der Waals surface area contributed by atoms with E-state index in [1.807, 2.05) is 64.1 Å². The van der Waals surface area contributed by atoms with E-state index >= 15 is 4.39 Å². The highest BCUT2D eigenvalue weighted by Gasteiger charge is 2.53. The summed E-state index contributed by atoms with van der Waals surface area (Å²) < 4.78 is 29.2. The maximum absolute atomic E-state index is 16.1. The van der Waals surface area contributed by atoms with Gasteiger partial charge in [-0.2, -0.15) is 0 Å². The average molecular weight is 451 g/mol. The summed E-state index contributed by atoms with van der Waals surface area (Å²) in [5, 5.41) is 6.52. The zero-order valence-corrected chi connectivity index (χ0v) is 18.4. The molecule has 1 aliphatic rings. The van der Waals surface area contributed by atoms with Crippen molar-refractivity contribution in [2.24, 2.45) is 0 Å². The largest absolute Gasteiger partial charge is 0.525 e. The minimum atomic E-state index is -1.04. The van der Waals surface area contributed by atoms with Crippen LogP contribution in [0.25, 0.3) is 38.0 Å². The van der Waals surface area contributed by atoms with Crippen molar-refractivity contribution in [1.82, 2.24) is 0 Å². The molecule has 0 saturated carbocycles. The third-order valence-corrected chi connectivity index (χ3v) is 7.13. The minimum Gasteiger partial charge on any atom is -0.398 e. The summed E-state index contributed by atoms with van der Waals surface area (Å²) in [4.78, 5) is 0. The first-order valence-corrected chi connectivity index (χ1v) is 10.6. The predicted octanol–water partition coefficient (Wildman–Crippen LogP) is 6.34. The molecule has 1 aliphatic heterocycles. The van der Waals surface area contributed by atoms with Crippen LogP contribution in [0.5, 0.6) is 0 Å². The molecule has 0 aromatic heterocycles. The molecule has 0 atom stereocenters. The van der Waals surface area contributed by atoms with Crippen molar-refractivity contribution in [1.29, 1.82) is 0 Å². The van der Waals surface area contributed by atoms with Gasteiger partial charge in [-0.3, -0.25) is 0 Å². The molecule has 146 valence electrons. The van der Waals surface area contributed by atoms with E-state index in [4.69, 9.17) is 9.31 Å². The Morgan fingerprint density at radius 3 is 2.03 bits per heavy atom. The van der Waals surface area contributed by atoms with Crippen LogP contribution in [0.1, 0.15) is 27.7 Å². The fourth-order valence-corrected chi connectivity index (χ4v) is 4.67. The smallest absolute Gasteiger partial charge is 0.398 e. The summed E-state index contributed by atoms with van der Waals surface area (Å²) in [6.45, 7) is 7.75. The summed E-state index contributed by atoms with van der Waals surface area (Å²) in [5.74, 6) is 0. The van der Waals surface area contributed by atoms with Gasteiger partial charge >= 0.3 is 7.12 Å². The lowest BCUT2D eigenvalue weighted by atomic mass is 9.83. The Morgan fingerprint density at radius 1 is 0.759 bits per heavy atom. The van der Waals surface area contributed by atoms with E-state index in [1.165, 1.54) is 0 Å². The van der Waals surface area contributed by atoms with E-state index in [0.717, 1.165) is 36.8 Å². The first kappa shape index (κ1) is 19.0. The molecule has 5 heteroatoms. The highest BCUT2D eigenvalue weighted by atomic mass is 79.9. The molecular formula is C24H21BBrFO2. The van der Waals surface area contributed by atoms with Crippen LogP contribution in [0, 0.1) is 0 Å². The predicted molar refractivity (Wildman–Crippen MR) is 122 cm³/mol. The van der Waals surface area contributed by atoms with Gasteiger partial charge in [-0.05, 0) is 66.1 Å². The average Bonchev–Trinajstić information content (AvgIpc) is 2.91. The summed E-state index contributed by atoms with van der Waals surface area (Å²) in [6.07, 6.45) is 0. The zero-order valence-electron chi connectivity index (χ0n) is 16.8. The molecular weight excluding hydrogens is 430 g/mol. The molecule has 2 nitrogen and oxygen atoms in total. The van der Waals surface area contributed by atoms with Crippen molar-refractivity contribution in [3.05, 3.63) is 64.3 Å². The Morgan fingerprint density at radius 2 is 1.34 bits per heavy atom. The highest BCUT2D eigenvalue weighted by Crippen LogP contribution is 2.40. The molecule has 1 saturated heterocycles. The molecule has 29 heavy (non-hydrogen) atoms. The van der Waals surface area contributed by atoms with Crippen LogP contribution in [0.2, 0.25) is 0 Å². The van der Waals surface area contributed by atoms with E-state index in [9.17, 15) is 0 Å². The lowest BCUT2D eigenvalue weighted by molar-refractivity contribution is 0.00578. The Bertz CT molecular complexity index is 1330. The Kier molecular flexibility index (Phi) is 4.12. The van der Waals surface area contributed by atoms with E-state index < -0.39 is 18.3 Å². The van der Waals surface area contributed by atoms with Crippen LogP contribution in [0.3, 0.4) is 0 Å². The number of benzene rings is 4. The zero-order chi connectivity index (χ0) is 20.6. The SMILES string of the molecule is CC1(C)OB(C(F)=c2c3ccccc3c3ccc(Br)c4cccc2c43)OC1(C)C. The maximum atomic E-state index is 16.1. The van der Waals surface area contributed by atoms with Crippen LogP contribution >= 0.6 is 15.9 Å². The maximum Gasteiger partial charge on any atom is 0.525 e. The van der Waals surface area contributed by atoms with Crippen LogP contribution in [0.15, 0.2) is 59.1 Å². The van der Waals surface area contributed by atoms with Crippen molar-refractivity contribution < 1.29 is 13.7 Å². The normalized spacial score (nSPS) is 19.4. The minimum absolute atomic E-state index is 0.380. The molecule has 0 bridgehead atoms. The second kappa shape index (κ2) is 6.27. The van der Waals surface area contributed by atoms with E-state index in [1.54, 1.807) is 0 Å². The molecule has 0 aliphatic carbocycles. The molecule has 0 spiro atoms. The van der Waals surface area contributed by atoms with Crippen molar-refractivity contribution in [3.8, 4) is 0 Å². The van der Waals surface area contributed by atoms with Crippen molar-refractivity contribution >= 4 is 61.1 Å². The van der Waals surface area contributed by atoms with Crippen LogP contribution in [0.4, 0.5) is 4.39 Å². The number of hydrogen-bond acceptors (Lipinski definition) is 2. The second-order valence-electron chi connectivity index (χ2n) is 8.68. The van der Waals surface area contributed by atoms with Crippen molar-refractivity contribution in [3.63, 3.8) is 0 Å². The third-order valence-electron chi connectivity index (χ3n) is 6.44. The van der Waals surface area contributed by atoms with Crippen LogP contribution < -0.4 is 5.22 Å². The Labute approximate surface area is 177 Å². The summed E-state index contributed by atoms with van der Waals surface area (Å²) in [7, 11) is -1.04. The van der Waals surface area contributed by atoms with E-state index in [-0.39, 0.29) is 5.73 Å². The topological polar surface area (TPSA) is 18.5 Å². The third kappa shape index (κ3) is 2.68. The number of rotatable bonds is 1. The Balaban J connectivity index is 1.96. The van der Waals surface area contributed by atoms with Gasteiger partial charge in [-0.1, -0.05) is 64.5 Å². The monoisotopic (exact) mass is 450 g/mol. The summed E-state index contributed by atoms with van der Waals surface area (Å²) >= 11 is 3.65.